The van der Waals surface area contributed by atoms with Crippen LogP contribution in [0, 0.1) is 5.92 Å². The van der Waals surface area contributed by atoms with Crippen LogP contribution < -0.4 is 5.32 Å². The van der Waals surface area contributed by atoms with E-state index in [0.29, 0.717) is 25.4 Å². The Hall–Kier alpha value is -0.640. The van der Waals surface area contributed by atoms with Crippen molar-refractivity contribution in [1.29, 1.82) is 0 Å². The lowest BCUT2D eigenvalue weighted by Gasteiger charge is -2.30. The first-order valence-corrected chi connectivity index (χ1v) is 5.74. The molecule has 2 fully saturated rings. The van der Waals surface area contributed by atoms with Crippen molar-refractivity contribution in [3.8, 4) is 0 Å². The molecule has 2 unspecified atom stereocenters. The molecule has 86 valence electrons. The first kappa shape index (κ1) is 10.9. The van der Waals surface area contributed by atoms with E-state index in [2.05, 4.69) is 5.32 Å². The summed E-state index contributed by atoms with van der Waals surface area (Å²) < 4.78 is 14.1. The summed E-state index contributed by atoms with van der Waals surface area (Å²) in [7, 11) is 0. The lowest BCUT2D eigenvalue weighted by molar-refractivity contribution is -0.141. The fourth-order valence-corrected chi connectivity index (χ4v) is 2.39. The standard InChI is InChI=1S/C11H18FNO2/c12-11(7-13-9-2-1-3-9)5-4-8(6-11)10(14)15/h8-9,13H,1-7H2,(H,14,15). The molecule has 0 aromatic rings. The molecule has 15 heavy (non-hydrogen) atoms. The smallest absolute Gasteiger partial charge is 0.306 e. The highest BCUT2D eigenvalue weighted by atomic mass is 19.1. The van der Waals surface area contributed by atoms with E-state index in [1.165, 1.54) is 6.42 Å². The molecular weight excluding hydrogens is 197 g/mol. The van der Waals surface area contributed by atoms with Crippen LogP contribution in [0.5, 0.6) is 0 Å². The van der Waals surface area contributed by atoms with Crippen LogP contribution in [0.25, 0.3) is 0 Å². The number of aliphatic carboxylic acids is 1. The quantitative estimate of drug-likeness (QED) is 0.750. The third kappa shape index (κ3) is 2.48. The summed E-state index contributed by atoms with van der Waals surface area (Å²) in [6.45, 7) is 0.335. The van der Waals surface area contributed by atoms with Crippen molar-refractivity contribution in [3.05, 3.63) is 0 Å². The highest BCUT2D eigenvalue weighted by Crippen LogP contribution is 2.37. The summed E-state index contributed by atoms with van der Waals surface area (Å²) in [5, 5.41) is 12.0. The second-order valence-corrected chi connectivity index (χ2v) is 4.94. The van der Waals surface area contributed by atoms with Gasteiger partial charge in [-0.2, -0.15) is 0 Å². The minimum absolute atomic E-state index is 0.183. The highest BCUT2D eigenvalue weighted by molar-refractivity contribution is 5.70. The normalized spacial score (nSPS) is 36.5. The van der Waals surface area contributed by atoms with Crippen molar-refractivity contribution in [2.24, 2.45) is 5.92 Å². The number of carboxylic acid groups (broad SMARTS) is 1. The molecule has 4 heteroatoms. The maximum atomic E-state index is 14.1. The molecule has 2 aliphatic carbocycles. The van der Waals surface area contributed by atoms with Crippen LogP contribution >= 0.6 is 0 Å². The van der Waals surface area contributed by atoms with Gasteiger partial charge >= 0.3 is 5.97 Å². The van der Waals surface area contributed by atoms with Gasteiger partial charge in [-0.05, 0) is 32.1 Å². The molecular formula is C11H18FNO2. The summed E-state index contributed by atoms with van der Waals surface area (Å²) in [6, 6.07) is 0.474. The van der Waals surface area contributed by atoms with Gasteiger partial charge in [-0.25, -0.2) is 4.39 Å². The van der Waals surface area contributed by atoms with E-state index in [1.54, 1.807) is 0 Å². The van der Waals surface area contributed by atoms with Crippen LogP contribution in [0.1, 0.15) is 38.5 Å². The van der Waals surface area contributed by atoms with Gasteiger partial charge in [0.2, 0.25) is 0 Å². The minimum Gasteiger partial charge on any atom is -0.481 e. The lowest BCUT2D eigenvalue weighted by Crippen LogP contribution is -2.43. The topological polar surface area (TPSA) is 49.3 Å². The molecule has 0 saturated heterocycles. The van der Waals surface area contributed by atoms with Gasteiger partial charge in [0, 0.05) is 12.6 Å². The zero-order chi connectivity index (χ0) is 10.9. The average molecular weight is 215 g/mol. The first-order chi connectivity index (χ1) is 7.09. The molecule has 0 aliphatic heterocycles. The monoisotopic (exact) mass is 215 g/mol. The van der Waals surface area contributed by atoms with Gasteiger partial charge in [0.25, 0.3) is 0 Å². The number of nitrogens with one attached hydrogen (secondary N) is 1. The van der Waals surface area contributed by atoms with E-state index in [1.807, 2.05) is 0 Å². The maximum Gasteiger partial charge on any atom is 0.306 e. The van der Waals surface area contributed by atoms with Crippen molar-refractivity contribution in [1.82, 2.24) is 5.32 Å². The van der Waals surface area contributed by atoms with E-state index in [4.69, 9.17) is 5.11 Å². The zero-order valence-corrected chi connectivity index (χ0v) is 8.84. The molecule has 2 rings (SSSR count). The molecule has 2 saturated carbocycles. The third-order valence-electron chi connectivity index (χ3n) is 3.72. The Bertz CT molecular complexity index is 255. The van der Waals surface area contributed by atoms with E-state index in [0.717, 1.165) is 12.8 Å². The third-order valence-corrected chi connectivity index (χ3v) is 3.72. The van der Waals surface area contributed by atoms with Gasteiger partial charge < -0.3 is 10.4 Å². The zero-order valence-electron chi connectivity index (χ0n) is 8.84. The molecule has 0 spiro atoms. The van der Waals surface area contributed by atoms with Crippen molar-refractivity contribution in [2.75, 3.05) is 6.54 Å². The van der Waals surface area contributed by atoms with Crippen LogP contribution in [0.4, 0.5) is 4.39 Å². The second kappa shape index (κ2) is 4.08. The van der Waals surface area contributed by atoms with Crippen LogP contribution in [0.15, 0.2) is 0 Å². The number of carboxylic acids is 1. The van der Waals surface area contributed by atoms with Crippen LogP contribution in [0.3, 0.4) is 0 Å². The molecule has 0 aromatic heterocycles. The van der Waals surface area contributed by atoms with Crippen molar-refractivity contribution in [3.63, 3.8) is 0 Å². The number of halogens is 1. The number of hydrogen-bond acceptors (Lipinski definition) is 2. The van der Waals surface area contributed by atoms with Gasteiger partial charge in [-0.15, -0.1) is 0 Å². The van der Waals surface area contributed by atoms with Gasteiger partial charge in [0.1, 0.15) is 5.67 Å². The Morgan fingerprint density at radius 1 is 1.47 bits per heavy atom. The molecule has 0 amide bonds. The van der Waals surface area contributed by atoms with Crippen LogP contribution in [-0.2, 0) is 4.79 Å². The molecule has 2 aliphatic rings. The predicted octanol–water partition coefficient (Wildman–Crippen LogP) is 1.72. The van der Waals surface area contributed by atoms with Gasteiger partial charge in [-0.3, -0.25) is 4.79 Å². The van der Waals surface area contributed by atoms with E-state index in [9.17, 15) is 9.18 Å². The van der Waals surface area contributed by atoms with Crippen LogP contribution in [0.2, 0.25) is 0 Å². The molecule has 0 bridgehead atoms. The maximum absolute atomic E-state index is 14.1. The minimum atomic E-state index is -1.28. The fraction of sp³-hybridized carbons (Fsp3) is 0.909. The molecule has 2 N–H and O–H groups in total. The summed E-state index contributed by atoms with van der Waals surface area (Å²) in [5.74, 6) is -1.32. The number of alkyl halides is 1. The first-order valence-electron chi connectivity index (χ1n) is 5.74. The van der Waals surface area contributed by atoms with E-state index >= 15 is 0 Å². The number of hydrogen-bond donors (Lipinski definition) is 2. The Labute approximate surface area is 89.0 Å². The molecule has 0 heterocycles. The summed E-state index contributed by atoms with van der Waals surface area (Å²) in [6.07, 6.45) is 4.56. The Morgan fingerprint density at radius 2 is 2.20 bits per heavy atom. The Balaban J connectivity index is 1.77. The molecule has 2 atom stereocenters. The number of carbonyl (C=O) groups is 1. The average Bonchev–Trinajstić information content (AvgIpc) is 2.46. The highest BCUT2D eigenvalue weighted by Gasteiger charge is 2.42. The second-order valence-electron chi connectivity index (χ2n) is 4.94. The van der Waals surface area contributed by atoms with Crippen molar-refractivity contribution >= 4 is 5.97 Å². The summed E-state index contributed by atoms with van der Waals surface area (Å²) in [4.78, 5) is 10.7. The van der Waals surface area contributed by atoms with E-state index < -0.39 is 17.6 Å². The van der Waals surface area contributed by atoms with Gasteiger partial charge in [-0.1, -0.05) is 6.42 Å². The van der Waals surface area contributed by atoms with Crippen molar-refractivity contribution < 1.29 is 14.3 Å². The van der Waals surface area contributed by atoms with Crippen molar-refractivity contribution in [2.45, 2.75) is 50.2 Å². The van der Waals surface area contributed by atoms with Gasteiger partial charge in [0.15, 0.2) is 0 Å². The molecule has 0 aromatic carbocycles. The summed E-state index contributed by atoms with van der Waals surface area (Å²) >= 11 is 0. The fourth-order valence-electron chi connectivity index (χ4n) is 2.39. The SMILES string of the molecule is O=C(O)C1CCC(F)(CNC2CCC2)C1. The molecule has 0 radical (unpaired) electrons. The Kier molecular flexibility index (Phi) is 2.96. The molecule has 3 nitrogen and oxygen atoms in total. The largest absolute Gasteiger partial charge is 0.481 e. The van der Waals surface area contributed by atoms with E-state index in [-0.39, 0.29) is 6.42 Å². The Morgan fingerprint density at radius 3 is 2.67 bits per heavy atom. The number of rotatable bonds is 4. The summed E-state index contributed by atoms with van der Waals surface area (Å²) in [5.41, 5.74) is -1.28. The van der Waals surface area contributed by atoms with Gasteiger partial charge in [0.05, 0.1) is 5.92 Å². The van der Waals surface area contributed by atoms with Crippen LogP contribution in [-0.4, -0.2) is 29.3 Å². The lowest BCUT2D eigenvalue weighted by atomic mass is 9.92. The predicted molar refractivity (Wildman–Crippen MR) is 54.5 cm³/mol.